The zero-order valence-electron chi connectivity index (χ0n) is 33.8. The third kappa shape index (κ3) is 5.69. The quantitative estimate of drug-likeness (QED) is 0.151. The van der Waals surface area contributed by atoms with Crippen molar-refractivity contribution >= 4 is 35.1 Å². The number of benzene rings is 8. The first-order chi connectivity index (χ1) is 29.4. The van der Waals surface area contributed by atoms with Gasteiger partial charge in [0.05, 0.1) is 24.5 Å². The van der Waals surface area contributed by atoms with Crippen molar-refractivity contribution in [2.24, 2.45) is 0 Å². The Morgan fingerprint density at radius 1 is 0.400 bits per heavy atom. The fourth-order valence-electron chi connectivity index (χ4n) is 9.45. The highest BCUT2D eigenvalue weighted by Gasteiger charge is 2.46. The van der Waals surface area contributed by atoms with Crippen LogP contribution in [0.2, 0.25) is 19.6 Å². The Hall–Kier alpha value is -7.21. The van der Waals surface area contributed by atoms with E-state index in [2.05, 4.69) is 224 Å². The lowest BCUT2D eigenvalue weighted by Crippen LogP contribution is -2.37. The highest BCUT2D eigenvalue weighted by atomic mass is 28.3. The number of nitrogens with zero attached hydrogens (tertiary/aromatic N) is 4. The maximum absolute atomic E-state index is 5.35. The zero-order valence-corrected chi connectivity index (χ0v) is 34.8. The number of fused-ring (bicyclic) bond motifs is 6. The van der Waals surface area contributed by atoms with Crippen molar-refractivity contribution in [3.05, 3.63) is 222 Å². The Kier molecular flexibility index (Phi) is 8.36. The van der Waals surface area contributed by atoms with Gasteiger partial charge in [0.1, 0.15) is 0 Å². The smallest absolute Gasteiger partial charge is 0.164 e. The summed E-state index contributed by atoms with van der Waals surface area (Å²) in [5.41, 5.74) is 13.1. The number of para-hydroxylation sites is 2. The Morgan fingerprint density at radius 3 is 1.52 bits per heavy atom. The van der Waals surface area contributed by atoms with E-state index in [4.69, 9.17) is 15.0 Å². The molecule has 8 aromatic carbocycles. The van der Waals surface area contributed by atoms with Gasteiger partial charge in [-0.15, -0.1) is 0 Å². The molecule has 0 saturated carbocycles. The molecule has 0 spiro atoms. The molecule has 4 nitrogen and oxygen atoms in total. The molecule has 5 heteroatoms. The van der Waals surface area contributed by atoms with Crippen LogP contribution >= 0.6 is 0 Å². The van der Waals surface area contributed by atoms with E-state index in [0.29, 0.717) is 17.5 Å². The molecule has 0 N–H and O–H groups in total. The first-order valence-corrected chi connectivity index (χ1v) is 24.2. The molecule has 0 aliphatic heterocycles. The second-order valence-corrected chi connectivity index (χ2v) is 21.9. The Bertz CT molecular complexity index is 3140. The summed E-state index contributed by atoms with van der Waals surface area (Å²) in [5, 5.41) is 3.85. The van der Waals surface area contributed by atoms with E-state index >= 15 is 0 Å². The minimum absolute atomic E-state index is 0.535. The van der Waals surface area contributed by atoms with Crippen molar-refractivity contribution in [1.29, 1.82) is 0 Å². The maximum Gasteiger partial charge on any atom is 0.164 e. The first kappa shape index (κ1) is 35.9. The van der Waals surface area contributed by atoms with Crippen LogP contribution in [-0.4, -0.2) is 27.6 Å². The number of hydrogen-bond acceptors (Lipinski definition) is 3. The predicted octanol–water partition coefficient (Wildman–Crippen LogP) is 12.9. The van der Waals surface area contributed by atoms with Gasteiger partial charge >= 0.3 is 0 Å². The molecule has 10 aromatic rings. The average molecular weight is 787 g/mol. The second-order valence-electron chi connectivity index (χ2n) is 16.8. The third-order valence-corrected chi connectivity index (χ3v) is 14.4. The number of rotatable bonds is 7. The molecular weight excluding hydrogens is 745 g/mol. The summed E-state index contributed by atoms with van der Waals surface area (Å²) in [5.74, 6) is 1.92. The molecule has 0 fully saturated rings. The van der Waals surface area contributed by atoms with E-state index in [9.17, 15) is 0 Å². The Labute approximate surface area is 351 Å². The van der Waals surface area contributed by atoms with E-state index < -0.39 is 13.5 Å². The third-order valence-electron chi connectivity index (χ3n) is 12.3. The molecule has 60 heavy (non-hydrogen) atoms. The summed E-state index contributed by atoms with van der Waals surface area (Å²) in [6.07, 6.45) is 0. The van der Waals surface area contributed by atoms with Crippen LogP contribution in [0.4, 0.5) is 0 Å². The van der Waals surface area contributed by atoms with E-state index in [1.54, 1.807) is 0 Å². The summed E-state index contributed by atoms with van der Waals surface area (Å²) < 4.78 is 2.34. The van der Waals surface area contributed by atoms with Gasteiger partial charge in [-0.05, 0) is 63.7 Å². The lowest BCUT2D eigenvalue weighted by molar-refractivity contribution is 0.768. The van der Waals surface area contributed by atoms with E-state index in [1.807, 2.05) is 0 Å². The fourth-order valence-corrected chi connectivity index (χ4v) is 10.6. The SMILES string of the molecule is C[Si](C)(C)c1ccc(-c2nc(-c3cccc(-n4c5ccccc5c5ccccc54)c3)nc(-c3ccc4c(c3)C(c3ccccc3)(c3ccccc3)c3ccccc3-4)n2)cc1. The van der Waals surface area contributed by atoms with Gasteiger partial charge in [0.25, 0.3) is 0 Å². The molecule has 0 unspecified atom stereocenters. The second kappa shape index (κ2) is 14.0. The summed E-state index contributed by atoms with van der Waals surface area (Å²) in [4.78, 5) is 15.9. The van der Waals surface area contributed by atoms with Crippen LogP contribution in [0.15, 0.2) is 200 Å². The molecule has 0 radical (unpaired) electrons. The van der Waals surface area contributed by atoms with Gasteiger partial charge in [0.2, 0.25) is 0 Å². The van der Waals surface area contributed by atoms with Crippen LogP contribution in [0, 0.1) is 0 Å². The molecule has 1 aliphatic carbocycles. The minimum atomic E-state index is -1.52. The summed E-state index contributed by atoms with van der Waals surface area (Å²) >= 11 is 0. The average Bonchev–Trinajstić information content (AvgIpc) is 3.80. The molecule has 0 amide bonds. The van der Waals surface area contributed by atoms with Crippen molar-refractivity contribution in [3.8, 4) is 51.0 Å². The van der Waals surface area contributed by atoms with Gasteiger partial charge in [-0.2, -0.15) is 0 Å². The van der Waals surface area contributed by atoms with E-state index in [-0.39, 0.29) is 0 Å². The lowest BCUT2D eigenvalue weighted by Gasteiger charge is -2.34. The molecule has 1 aliphatic rings. The molecule has 286 valence electrons. The first-order valence-electron chi connectivity index (χ1n) is 20.7. The van der Waals surface area contributed by atoms with Gasteiger partial charge < -0.3 is 4.57 Å². The Morgan fingerprint density at radius 2 is 0.900 bits per heavy atom. The van der Waals surface area contributed by atoms with Gasteiger partial charge in [-0.3, -0.25) is 0 Å². The summed E-state index contributed by atoms with van der Waals surface area (Å²) in [6.45, 7) is 7.13. The maximum atomic E-state index is 5.35. The van der Waals surface area contributed by atoms with Crippen molar-refractivity contribution in [2.45, 2.75) is 25.1 Å². The molecular formula is C55H42N4Si. The molecule has 2 aromatic heterocycles. The standard InChI is InChI=1S/C55H42N4Si/c1-60(2,3)43-32-29-37(30-33-43)52-56-53(38-17-16-22-42(35-38)59-50-27-14-11-24-46(50)47-25-12-15-28-51(47)59)58-54(57-52)39-31-34-45-44-23-10-13-26-48(44)55(49(45)36-39,40-18-6-4-7-19-40)41-20-8-5-9-21-41/h4-36H,1-3H3. The van der Waals surface area contributed by atoms with Crippen LogP contribution in [-0.2, 0) is 5.41 Å². The van der Waals surface area contributed by atoms with Gasteiger partial charge in [-0.25, -0.2) is 15.0 Å². The van der Waals surface area contributed by atoms with Crippen molar-refractivity contribution in [1.82, 2.24) is 19.5 Å². The van der Waals surface area contributed by atoms with Gasteiger partial charge in [0, 0.05) is 33.2 Å². The fraction of sp³-hybridized carbons (Fsp3) is 0.0727. The van der Waals surface area contributed by atoms with Crippen LogP contribution in [0.3, 0.4) is 0 Å². The van der Waals surface area contributed by atoms with E-state index in [1.165, 1.54) is 49.3 Å². The van der Waals surface area contributed by atoms with E-state index in [0.717, 1.165) is 33.4 Å². The topological polar surface area (TPSA) is 43.6 Å². The van der Waals surface area contributed by atoms with Gasteiger partial charge in [-0.1, -0.05) is 195 Å². The number of hydrogen-bond donors (Lipinski definition) is 0. The molecule has 2 heterocycles. The highest BCUT2D eigenvalue weighted by molar-refractivity contribution is 6.88. The monoisotopic (exact) mass is 786 g/mol. The summed E-state index contributed by atoms with van der Waals surface area (Å²) in [6, 6.07) is 72.2. The predicted molar refractivity (Wildman–Crippen MR) is 251 cm³/mol. The van der Waals surface area contributed by atoms with Gasteiger partial charge in [0.15, 0.2) is 17.5 Å². The number of aromatic nitrogens is 4. The molecule has 0 bridgehead atoms. The zero-order chi connectivity index (χ0) is 40.4. The van der Waals surface area contributed by atoms with Crippen LogP contribution in [0.5, 0.6) is 0 Å². The summed E-state index contributed by atoms with van der Waals surface area (Å²) in [7, 11) is -1.52. The minimum Gasteiger partial charge on any atom is -0.309 e. The molecule has 0 saturated heterocycles. The van der Waals surface area contributed by atoms with Crippen LogP contribution < -0.4 is 5.19 Å². The largest absolute Gasteiger partial charge is 0.309 e. The van der Waals surface area contributed by atoms with Crippen LogP contribution in [0.25, 0.3) is 72.8 Å². The molecule has 11 rings (SSSR count). The van der Waals surface area contributed by atoms with Crippen LogP contribution in [0.1, 0.15) is 22.3 Å². The van der Waals surface area contributed by atoms with Crippen molar-refractivity contribution < 1.29 is 0 Å². The van der Waals surface area contributed by atoms with Crippen molar-refractivity contribution in [3.63, 3.8) is 0 Å². The normalized spacial score (nSPS) is 13.1. The Balaban J connectivity index is 1.13. The van der Waals surface area contributed by atoms with Crippen molar-refractivity contribution in [2.75, 3.05) is 0 Å². The molecule has 0 atom stereocenters. The highest BCUT2D eigenvalue weighted by Crippen LogP contribution is 2.56. The lowest BCUT2D eigenvalue weighted by atomic mass is 9.67.